The van der Waals surface area contributed by atoms with Crippen molar-refractivity contribution in [2.24, 2.45) is 16.0 Å². The minimum absolute atomic E-state index is 0.321. The molecule has 0 aromatic heterocycles. The summed E-state index contributed by atoms with van der Waals surface area (Å²) < 4.78 is 12.5. The normalized spacial score (nSPS) is 12.6. The number of aliphatic hydroxyl groups excluding tert-OH is 1. The van der Waals surface area contributed by atoms with E-state index in [2.05, 4.69) is 10.2 Å². The summed E-state index contributed by atoms with van der Waals surface area (Å²) in [6.45, 7) is 1.27. The Kier molecular flexibility index (Phi) is 3.71. The van der Waals surface area contributed by atoms with E-state index in [0.29, 0.717) is 5.69 Å². The quantitative estimate of drug-likeness (QED) is 0.467. The lowest BCUT2D eigenvalue weighted by Gasteiger charge is -1.96. The van der Waals surface area contributed by atoms with Crippen molar-refractivity contribution in [1.29, 1.82) is 0 Å². The predicted octanol–water partition coefficient (Wildman–Crippen LogP) is 2.18. The first-order valence-electron chi connectivity index (χ1n) is 4.37. The third-order valence-corrected chi connectivity index (χ3v) is 1.67. The molecule has 0 saturated heterocycles. The molecule has 0 saturated carbocycles. The zero-order valence-corrected chi connectivity index (χ0v) is 8.51. The van der Waals surface area contributed by atoms with Crippen LogP contribution in [0.15, 0.2) is 46.0 Å². The second-order valence-corrected chi connectivity index (χ2v) is 2.97. The Balaban J connectivity index is 2.92. The molecule has 84 valence electrons. The van der Waals surface area contributed by atoms with Gasteiger partial charge in [-0.25, -0.2) is 4.39 Å². The van der Waals surface area contributed by atoms with Crippen molar-refractivity contribution in [3.63, 3.8) is 0 Å². The van der Waals surface area contributed by atoms with Gasteiger partial charge < -0.3 is 10.8 Å². The van der Waals surface area contributed by atoms with Gasteiger partial charge in [-0.1, -0.05) is 0 Å². The molecule has 0 unspecified atom stereocenters. The Hall–Kier alpha value is -2.24. The lowest BCUT2D eigenvalue weighted by Crippen LogP contribution is -2.13. The van der Waals surface area contributed by atoms with Crippen molar-refractivity contribution < 1.29 is 14.3 Å². The summed E-state index contributed by atoms with van der Waals surface area (Å²) in [5.74, 6) is -1.60. The topological polar surface area (TPSA) is 88.0 Å². The first-order chi connectivity index (χ1) is 7.50. The number of allylic oxidation sites excluding steroid dienone is 1. The molecule has 0 bridgehead atoms. The van der Waals surface area contributed by atoms with Crippen LogP contribution < -0.4 is 5.73 Å². The van der Waals surface area contributed by atoms with Crippen molar-refractivity contribution in [3.05, 3.63) is 41.5 Å². The smallest absolute Gasteiger partial charge is 0.272 e. The van der Waals surface area contributed by atoms with Crippen LogP contribution in [0.4, 0.5) is 10.1 Å². The number of amides is 1. The van der Waals surface area contributed by atoms with Gasteiger partial charge in [-0.2, -0.15) is 5.11 Å². The average molecular weight is 223 g/mol. The molecule has 0 aliphatic heterocycles. The van der Waals surface area contributed by atoms with Gasteiger partial charge in [-0.15, -0.1) is 5.11 Å². The van der Waals surface area contributed by atoms with Gasteiger partial charge >= 0.3 is 0 Å². The highest BCUT2D eigenvalue weighted by molar-refractivity contribution is 5.91. The highest BCUT2D eigenvalue weighted by Crippen LogP contribution is 2.14. The van der Waals surface area contributed by atoms with Gasteiger partial charge in [-0.05, 0) is 31.2 Å². The number of hydrogen-bond donors (Lipinski definition) is 2. The van der Waals surface area contributed by atoms with E-state index in [-0.39, 0.29) is 11.5 Å². The number of aliphatic hydroxyl groups is 1. The number of rotatable bonds is 3. The molecule has 1 amide bonds. The summed E-state index contributed by atoms with van der Waals surface area (Å²) in [5.41, 5.74) is 4.97. The van der Waals surface area contributed by atoms with Crippen LogP contribution in [-0.4, -0.2) is 11.0 Å². The van der Waals surface area contributed by atoms with Gasteiger partial charge in [0, 0.05) is 0 Å². The molecular formula is C10H10FN3O2. The summed E-state index contributed by atoms with van der Waals surface area (Å²) in [7, 11) is 0. The van der Waals surface area contributed by atoms with Gasteiger partial charge in [0.05, 0.1) is 5.69 Å². The monoisotopic (exact) mass is 223 g/mol. The fraction of sp³-hybridized carbons (Fsp3) is 0.100. The Morgan fingerprint density at radius 1 is 1.38 bits per heavy atom. The van der Waals surface area contributed by atoms with E-state index in [1.807, 2.05) is 0 Å². The van der Waals surface area contributed by atoms with Gasteiger partial charge in [0.15, 0.2) is 5.70 Å². The summed E-state index contributed by atoms with van der Waals surface area (Å²) >= 11 is 0. The van der Waals surface area contributed by atoms with Gasteiger partial charge in [0.1, 0.15) is 11.6 Å². The summed E-state index contributed by atoms with van der Waals surface area (Å²) in [6, 6.07) is 5.16. The maximum atomic E-state index is 12.5. The number of nitrogens with zero attached hydrogens (tertiary/aromatic N) is 2. The maximum absolute atomic E-state index is 12.5. The summed E-state index contributed by atoms with van der Waals surface area (Å²) in [5, 5.41) is 16.2. The first-order valence-corrected chi connectivity index (χ1v) is 4.37. The Morgan fingerprint density at radius 2 is 1.94 bits per heavy atom. The SMILES string of the molecule is C/C(O)=C(\N=Nc1ccc(F)cc1)C(N)=O. The molecule has 5 nitrogen and oxygen atoms in total. The van der Waals surface area contributed by atoms with Crippen molar-refractivity contribution in [3.8, 4) is 0 Å². The molecule has 1 aromatic carbocycles. The lowest BCUT2D eigenvalue weighted by atomic mass is 10.3. The lowest BCUT2D eigenvalue weighted by molar-refractivity contribution is -0.114. The van der Waals surface area contributed by atoms with Crippen molar-refractivity contribution in [2.75, 3.05) is 0 Å². The number of halogens is 1. The molecular weight excluding hydrogens is 213 g/mol. The number of hydrogen-bond acceptors (Lipinski definition) is 4. The molecule has 1 aromatic rings. The zero-order valence-electron chi connectivity index (χ0n) is 8.51. The molecule has 1 rings (SSSR count). The molecule has 0 aliphatic carbocycles. The van der Waals surface area contributed by atoms with E-state index in [0.717, 1.165) is 0 Å². The Labute approximate surface area is 91.1 Å². The van der Waals surface area contributed by atoms with Gasteiger partial charge in [0.2, 0.25) is 0 Å². The van der Waals surface area contributed by atoms with Crippen molar-refractivity contribution >= 4 is 11.6 Å². The molecule has 0 spiro atoms. The first kappa shape index (κ1) is 11.8. The summed E-state index contributed by atoms with van der Waals surface area (Å²) in [6.07, 6.45) is 0. The number of azo groups is 1. The molecule has 0 radical (unpaired) electrons. The molecule has 16 heavy (non-hydrogen) atoms. The average Bonchev–Trinajstić information content (AvgIpc) is 2.20. The minimum atomic E-state index is -0.883. The van der Waals surface area contributed by atoms with Crippen LogP contribution in [0.2, 0.25) is 0 Å². The maximum Gasteiger partial charge on any atom is 0.272 e. The minimum Gasteiger partial charge on any atom is -0.510 e. The standard InChI is InChI=1S/C10H10FN3O2/c1-6(15)9(10(12)16)14-13-8-4-2-7(11)3-5-8/h2-5,15H,1H3,(H2,12,16)/b9-6+,14-13?. The number of carbonyl (C=O) groups is 1. The molecule has 0 heterocycles. The fourth-order valence-corrected chi connectivity index (χ4v) is 0.915. The largest absolute Gasteiger partial charge is 0.510 e. The van der Waals surface area contributed by atoms with Crippen LogP contribution in [0.1, 0.15) is 6.92 Å². The molecule has 0 aliphatic rings. The van der Waals surface area contributed by atoms with Crippen LogP contribution in [0, 0.1) is 5.82 Å². The fourth-order valence-electron chi connectivity index (χ4n) is 0.915. The van der Waals surface area contributed by atoms with E-state index in [9.17, 15) is 9.18 Å². The summed E-state index contributed by atoms with van der Waals surface area (Å²) in [4.78, 5) is 10.8. The zero-order chi connectivity index (χ0) is 12.1. The van der Waals surface area contributed by atoms with Gasteiger partial charge in [0.25, 0.3) is 5.91 Å². The van der Waals surface area contributed by atoms with E-state index in [4.69, 9.17) is 10.8 Å². The van der Waals surface area contributed by atoms with E-state index >= 15 is 0 Å². The van der Waals surface area contributed by atoms with E-state index in [1.54, 1.807) is 0 Å². The molecule has 0 fully saturated rings. The predicted molar refractivity (Wildman–Crippen MR) is 55.4 cm³/mol. The molecule has 0 atom stereocenters. The highest BCUT2D eigenvalue weighted by atomic mass is 19.1. The van der Waals surface area contributed by atoms with Crippen LogP contribution in [0.3, 0.4) is 0 Å². The van der Waals surface area contributed by atoms with Crippen LogP contribution >= 0.6 is 0 Å². The van der Waals surface area contributed by atoms with Crippen LogP contribution in [0.25, 0.3) is 0 Å². The number of nitrogens with two attached hydrogens (primary N) is 1. The number of primary amides is 1. The molecule has 6 heteroatoms. The van der Waals surface area contributed by atoms with E-state index in [1.165, 1.54) is 31.2 Å². The van der Waals surface area contributed by atoms with Crippen molar-refractivity contribution in [2.45, 2.75) is 6.92 Å². The van der Waals surface area contributed by atoms with E-state index < -0.39 is 11.7 Å². The molecule has 3 N–H and O–H groups in total. The Morgan fingerprint density at radius 3 is 2.38 bits per heavy atom. The Bertz CT molecular complexity index is 448. The number of benzene rings is 1. The number of carbonyl (C=O) groups excluding carboxylic acids is 1. The highest BCUT2D eigenvalue weighted by Gasteiger charge is 2.07. The third-order valence-electron chi connectivity index (χ3n) is 1.67. The van der Waals surface area contributed by atoms with Crippen LogP contribution in [-0.2, 0) is 4.79 Å². The second-order valence-electron chi connectivity index (χ2n) is 2.97. The second kappa shape index (κ2) is 5.01. The third kappa shape index (κ3) is 3.16. The van der Waals surface area contributed by atoms with Crippen molar-refractivity contribution in [1.82, 2.24) is 0 Å². The van der Waals surface area contributed by atoms with Gasteiger partial charge in [-0.3, -0.25) is 4.79 Å². The van der Waals surface area contributed by atoms with Crippen LogP contribution in [0.5, 0.6) is 0 Å².